The van der Waals surface area contributed by atoms with Crippen molar-refractivity contribution in [3.8, 4) is 0 Å². The number of hydrogen-bond donors (Lipinski definition) is 2. The highest BCUT2D eigenvalue weighted by molar-refractivity contribution is 6.31. The zero-order valence-electron chi connectivity index (χ0n) is 11.6. The number of benzene rings is 1. The van der Waals surface area contributed by atoms with Crippen LogP contribution in [-0.2, 0) is 17.6 Å². The van der Waals surface area contributed by atoms with Gasteiger partial charge >= 0.3 is 0 Å². The van der Waals surface area contributed by atoms with Gasteiger partial charge in [0, 0.05) is 12.4 Å². The van der Waals surface area contributed by atoms with Crippen LogP contribution in [0.25, 0.3) is 0 Å². The van der Waals surface area contributed by atoms with E-state index in [2.05, 4.69) is 28.6 Å². The first-order valence-electron chi connectivity index (χ1n) is 7.03. The molecule has 0 spiro atoms. The van der Waals surface area contributed by atoms with Crippen LogP contribution in [0.15, 0.2) is 42.7 Å². The van der Waals surface area contributed by atoms with Crippen LogP contribution in [0.2, 0.25) is 5.02 Å². The van der Waals surface area contributed by atoms with Gasteiger partial charge < -0.3 is 4.74 Å². The zero-order chi connectivity index (χ0) is 14.7. The van der Waals surface area contributed by atoms with E-state index in [1.54, 1.807) is 12.4 Å². The van der Waals surface area contributed by atoms with E-state index in [-0.39, 0.29) is 12.1 Å². The highest BCUT2D eigenvalue weighted by Gasteiger charge is 2.28. The Labute approximate surface area is 129 Å². The van der Waals surface area contributed by atoms with Crippen LogP contribution in [0.3, 0.4) is 0 Å². The Morgan fingerprint density at radius 2 is 2.24 bits per heavy atom. The third-order valence-corrected chi connectivity index (χ3v) is 4.25. The molecule has 1 aliphatic rings. The molecule has 2 heterocycles. The molecule has 0 fully saturated rings. The Morgan fingerprint density at radius 1 is 1.38 bits per heavy atom. The summed E-state index contributed by atoms with van der Waals surface area (Å²) < 4.78 is 5.97. The number of rotatable bonds is 4. The SMILES string of the molecule is NNC(Cc1ccncc1Cl)C1OCCc2ccccc21. The third kappa shape index (κ3) is 3.09. The minimum Gasteiger partial charge on any atom is -0.371 e. The monoisotopic (exact) mass is 303 g/mol. The number of fused-ring (bicyclic) bond motifs is 1. The average Bonchev–Trinajstić information content (AvgIpc) is 2.54. The molecule has 0 bridgehead atoms. The largest absolute Gasteiger partial charge is 0.371 e. The van der Waals surface area contributed by atoms with Crippen LogP contribution in [0.5, 0.6) is 0 Å². The van der Waals surface area contributed by atoms with Gasteiger partial charge in [0.2, 0.25) is 0 Å². The van der Waals surface area contributed by atoms with Crippen LogP contribution < -0.4 is 11.3 Å². The fraction of sp³-hybridized carbons (Fsp3) is 0.312. The van der Waals surface area contributed by atoms with Crippen LogP contribution in [-0.4, -0.2) is 17.6 Å². The molecule has 0 aliphatic carbocycles. The molecule has 3 rings (SSSR count). The summed E-state index contributed by atoms with van der Waals surface area (Å²) in [6.07, 6.45) is 4.96. The van der Waals surface area contributed by atoms with Gasteiger partial charge in [0.1, 0.15) is 0 Å². The van der Waals surface area contributed by atoms with E-state index in [9.17, 15) is 0 Å². The van der Waals surface area contributed by atoms with E-state index < -0.39 is 0 Å². The number of nitrogens with one attached hydrogen (secondary N) is 1. The minimum atomic E-state index is -0.0656. The number of hydrazine groups is 1. The minimum absolute atomic E-state index is 0.0358. The highest BCUT2D eigenvalue weighted by Crippen LogP contribution is 2.31. The molecule has 0 saturated carbocycles. The summed E-state index contributed by atoms with van der Waals surface area (Å²) in [6, 6.07) is 10.2. The molecule has 0 saturated heterocycles. The maximum Gasteiger partial charge on any atom is 0.0997 e. The van der Waals surface area contributed by atoms with Gasteiger partial charge in [0.25, 0.3) is 0 Å². The molecular formula is C16H18ClN3O. The Kier molecular flexibility index (Phi) is 4.51. The maximum absolute atomic E-state index is 6.19. The molecule has 1 aromatic carbocycles. The topological polar surface area (TPSA) is 60.2 Å². The molecule has 1 aromatic heterocycles. The van der Waals surface area contributed by atoms with Gasteiger partial charge in [-0.3, -0.25) is 16.3 Å². The molecule has 2 unspecified atom stereocenters. The van der Waals surface area contributed by atoms with Crippen molar-refractivity contribution in [3.63, 3.8) is 0 Å². The standard InChI is InChI=1S/C16H18ClN3O/c17-14-10-19-7-5-12(14)9-15(20-18)16-13-4-2-1-3-11(13)6-8-21-16/h1-5,7,10,15-16,20H,6,8-9,18H2. The Bertz CT molecular complexity index is 620. The summed E-state index contributed by atoms with van der Waals surface area (Å²) in [5, 5.41) is 0.654. The number of halogens is 1. The van der Waals surface area contributed by atoms with E-state index >= 15 is 0 Å². The summed E-state index contributed by atoms with van der Waals surface area (Å²) in [4.78, 5) is 4.01. The quantitative estimate of drug-likeness (QED) is 0.673. The van der Waals surface area contributed by atoms with Crippen LogP contribution in [0.1, 0.15) is 22.8 Å². The molecule has 21 heavy (non-hydrogen) atoms. The predicted molar refractivity (Wildman–Crippen MR) is 82.9 cm³/mol. The van der Waals surface area contributed by atoms with Crippen molar-refractivity contribution >= 4 is 11.6 Å². The van der Waals surface area contributed by atoms with Gasteiger partial charge in [0.05, 0.1) is 23.8 Å². The molecule has 2 aromatic rings. The molecule has 3 N–H and O–H groups in total. The van der Waals surface area contributed by atoms with E-state index in [1.807, 2.05) is 12.1 Å². The third-order valence-electron chi connectivity index (χ3n) is 3.91. The summed E-state index contributed by atoms with van der Waals surface area (Å²) in [5.74, 6) is 5.77. The van der Waals surface area contributed by atoms with Gasteiger partial charge in [0.15, 0.2) is 0 Å². The van der Waals surface area contributed by atoms with Gasteiger partial charge in [-0.1, -0.05) is 35.9 Å². The van der Waals surface area contributed by atoms with Gasteiger partial charge in [-0.2, -0.15) is 0 Å². The number of ether oxygens (including phenoxy) is 1. The number of aromatic nitrogens is 1. The van der Waals surface area contributed by atoms with Crippen molar-refractivity contribution in [2.75, 3.05) is 6.61 Å². The lowest BCUT2D eigenvalue weighted by Gasteiger charge is -2.32. The van der Waals surface area contributed by atoms with Crippen molar-refractivity contribution in [2.45, 2.75) is 25.0 Å². The van der Waals surface area contributed by atoms with Crippen LogP contribution in [0, 0.1) is 0 Å². The predicted octanol–water partition coefficient (Wildman–Crippen LogP) is 2.42. The van der Waals surface area contributed by atoms with Crippen molar-refractivity contribution < 1.29 is 4.74 Å². The summed E-state index contributed by atoms with van der Waals surface area (Å²) in [7, 11) is 0. The summed E-state index contributed by atoms with van der Waals surface area (Å²) in [5.41, 5.74) is 6.43. The lowest BCUT2D eigenvalue weighted by Crippen LogP contribution is -2.43. The Balaban J connectivity index is 1.86. The molecule has 0 radical (unpaired) electrons. The lowest BCUT2D eigenvalue weighted by molar-refractivity contribution is 0.0154. The van der Waals surface area contributed by atoms with Gasteiger partial charge in [-0.15, -0.1) is 0 Å². The molecule has 0 amide bonds. The Morgan fingerprint density at radius 3 is 3.05 bits per heavy atom. The van der Waals surface area contributed by atoms with E-state index in [1.165, 1.54) is 11.1 Å². The first-order chi connectivity index (χ1) is 10.3. The second-order valence-electron chi connectivity index (χ2n) is 5.18. The molecule has 1 aliphatic heterocycles. The van der Waals surface area contributed by atoms with Crippen molar-refractivity contribution in [2.24, 2.45) is 5.84 Å². The maximum atomic E-state index is 6.19. The lowest BCUT2D eigenvalue weighted by atomic mass is 9.91. The normalized spacial score (nSPS) is 19.0. The van der Waals surface area contributed by atoms with Crippen LogP contribution in [0.4, 0.5) is 0 Å². The fourth-order valence-electron chi connectivity index (χ4n) is 2.82. The zero-order valence-corrected chi connectivity index (χ0v) is 12.4. The average molecular weight is 304 g/mol. The number of nitrogens with zero attached hydrogens (tertiary/aromatic N) is 1. The van der Waals surface area contributed by atoms with Gasteiger partial charge in [-0.25, -0.2) is 0 Å². The van der Waals surface area contributed by atoms with Crippen molar-refractivity contribution in [3.05, 3.63) is 64.4 Å². The molecule has 4 nitrogen and oxygen atoms in total. The molecule has 2 atom stereocenters. The smallest absolute Gasteiger partial charge is 0.0997 e. The second-order valence-corrected chi connectivity index (χ2v) is 5.59. The number of hydrogen-bond acceptors (Lipinski definition) is 4. The van der Waals surface area contributed by atoms with E-state index in [4.69, 9.17) is 22.2 Å². The number of nitrogens with two attached hydrogens (primary N) is 1. The van der Waals surface area contributed by atoms with Gasteiger partial charge in [-0.05, 0) is 35.6 Å². The second kappa shape index (κ2) is 6.54. The van der Waals surface area contributed by atoms with Crippen molar-refractivity contribution in [1.29, 1.82) is 0 Å². The first kappa shape index (κ1) is 14.5. The molecule has 110 valence electrons. The molecular weight excluding hydrogens is 286 g/mol. The Hall–Kier alpha value is -1.46. The fourth-order valence-corrected chi connectivity index (χ4v) is 3.01. The highest BCUT2D eigenvalue weighted by atomic mass is 35.5. The van der Waals surface area contributed by atoms with E-state index in [0.29, 0.717) is 18.1 Å². The van der Waals surface area contributed by atoms with Crippen LogP contribution >= 0.6 is 11.6 Å². The van der Waals surface area contributed by atoms with Crippen molar-refractivity contribution in [1.82, 2.24) is 10.4 Å². The summed E-state index contributed by atoms with van der Waals surface area (Å²) in [6.45, 7) is 0.712. The number of pyridine rings is 1. The van der Waals surface area contributed by atoms with E-state index in [0.717, 1.165) is 12.0 Å². The summed E-state index contributed by atoms with van der Waals surface area (Å²) >= 11 is 6.19. The molecule has 5 heteroatoms. The first-order valence-corrected chi connectivity index (χ1v) is 7.41.